The van der Waals surface area contributed by atoms with Crippen molar-refractivity contribution in [1.82, 2.24) is 25.1 Å². The van der Waals surface area contributed by atoms with Crippen LogP contribution in [0.5, 0.6) is 0 Å². The van der Waals surface area contributed by atoms with E-state index in [9.17, 15) is 9.18 Å². The molecule has 6 nitrogen and oxygen atoms in total. The van der Waals surface area contributed by atoms with E-state index < -0.39 is 0 Å². The third-order valence-electron chi connectivity index (χ3n) is 4.05. The van der Waals surface area contributed by atoms with E-state index in [1.807, 2.05) is 30.5 Å². The molecule has 2 aromatic heterocycles. The van der Waals surface area contributed by atoms with Crippen LogP contribution < -0.4 is 5.32 Å². The highest BCUT2D eigenvalue weighted by Gasteiger charge is 2.15. The monoisotopic (exact) mass is 385 g/mol. The summed E-state index contributed by atoms with van der Waals surface area (Å²) in [4.78, 5) is 16.3. The van der Waals surface area contributed by atoms with Crippen LogP contribution in [-0.2, 0) is 11.3 Å². The summed E-state index contributed by atoms with van der Waals surface area (Å²) in [6, 6.07) is 9.66. The predicted octanol–water partition coefficient (Wildman–Crippen LogP) is 3.47. The van der Waals surface area contributed by atoms with Crippen LogP contribution in [0.1, 0.15) is 25.5 Å². The minimum atomic E-state index is -0.295. The molecule has 1 aromatic carbocycles. The molecule has 0 fully saturated rings. The van der Waals surface area contributed by atoms with Gasteiger partial charge < -0.3 is 9.88 Å². The molecule has 0 spiro atoms. The number of rotatable bonds is 7. The number of hydrogen-bond donors (Lipinski definition) is 1. The number of benzene rings is 1. The summed E-state index contributed by atoms with van der Waals surface area (Å²) in [6.07, 6.45) is 3.42. The average Bonchev–Trinajstić information content (AvgIpc) is 3.10. The van der Waals surface area contributed by atoms with Crippen molar-refractivity contribution in [3.05, 3.63) is 60.2 Å². The van der Waals surface area contributed by atoms with Crippen molar-refractivity contribution in [3.8, 4) is 11.4 Å². The predicted molar refractivity (Wildman–Crippen MR) is 103 cm³/mol. The fourth-order valence-corrected chi connectivity index (χ4v) is 3.46. The second kappa shape index (κ2) is 8.77. The van der Waals surface area contributed by atoms with Gasteiger partial charge in [0.15, 0.2) is 11.0 Å². The Morgan fingerprint density at radius 1 is 1.19 bits per heavy atom. The Morgan fingerprint density at radius 2 is 1.89 bits per heavy atom. The molecule has 1 atom stereocenters. The third-order valence-corrected chi connectivity index (χ3v) is 5.02. The van der Waals surface area contributed by atoms with Gasteiger partial charge >= 0.3 is 0 Å². The Hall–Kier alpha value is -2.74. The molecule has 8 heteroatoms. The highest BCUT2D eigenvalue weighted by molar-refractivity contribution is 7.99. The van der Waals surface area contributed by atoms with E-state index in [-0.39, 0.29) is 23.5 Å². The van der Waals surface area contributed by atoms with Crippen LogP contribution in [0.15, 0.2) is 53.9 Å². The number of nitrogens with zero attached hydrogens (tertiary/aromatic N) is 4. The summed E-state index contributed by atoms with van der Waals surface area (Å²) >= 11 is 1.34. The van der Waals surface area contributed by atoms with Crippen molar-refractivity contribution in [2.45, 2.75) is 31.6 Å². The first-order valence-electron chi connectivity index (χ1n) is 8.59. The van der Waals surface area contributed by atoms with Crippen molar-refractivity contribution in [3.63, 3.8) is 0 Å². The summed E-state index contributed by atoms with van der Waals surface area (Å²) < 4.78 is 15.0. The Morgan fingerprint density at radius 3 is 2.56 bits per heavy atom. The average molecular weight is 385 g/mol. The molecule has 0 bridgehead atoms. The number of carbonyl (C=O) groups is 1. The number of halogens is 1. The maximum absolute atomic E-state index is 13.0. The molecule has 3 rings (SSSR count). The zero-order chi connectivity index (χ0) is 19.2. The number of hydrogen-bond acceptors (Lipinski definition) is 5. The maximum atomic E-state index is 13.0. The third kappa shape index (κ3) is 4.71. The molecule has 0 unspecified atom stereocenters. The van der Waals surface area contributed by atoms with Crippen LogP contribution in [0, 0.1) is 5.82 Å². The molecule has 1 amide bonds. The molecule has 0 aliphatic heterocycles. The molecule has 27 heavy (non-hydrogen) atoms. The minimum absolute atomic E-state index is 0.118. The van der Waals surface area contributed by atoms with E-state index in [1.54, 1.807) is 24.5 Å². The number of thioether (sulfide) groups is 1. The van der Waals surface area contributed by atoms with Crippen LogP contribution in [0.25, 0.3) is 11.4 Å². The number of nitrogens with one attached hydrogen (secondary N) is 1. The summed E-state index contributed by atoms with van der Waals surface area (Å²) in [5.41, 5.74) is 1.78. The van der Waals surface area contributed by atoms with Crippen molar-refractivity contribution in [1.29, 1.82) is 0 Å². The highest BCUT2D eigenvalue weighted by atomic mass is 32.2. The molecule has 0 radical (unpaired) electrons. The standard InChI is InChI=1S/C19H20FN5OS/c1-3-25-18(15-8-10-21-11-9-15)23-24-19(25)27-12-17(26)22-13(2)14-4-6-16(20)7-5-14/h4-11,13H,3,12H2,1-2H3,(H,22,26)/t13-/m1/s1. The van der Waals surface area contributed by atoms with Gasteiger partial charge in [-0.2, -0.15) is 0 Å². The summed E-state index contributed by atoms with van der Waals surface area (Å²) in [5, 5.41) is 12.1. The van der Waals surface area contributed by atoms with Gasteiger partial charge in [-0.25, -0.2) is 4.39 Å². The van der Waals surface area contributed by atoms with Crippen LogP contribution in [0.3, 0.4) is 0 Å². The lowest BCUT2D eigenvalue weighted by Gasteiger charge is -2.14. The van der Waals surface area contributed by atoms with Gasteiger partial charge in [-0.1, -0.05) is 23.9 Å². The zero-order valence-electron chi connectivity index (χ0n) is 15.1. The van der Waals surface area contributed by atoms with E-state index >= 15 is 0 Å². The highest BCUT2D eigenvalue weighted by Crippen LogP contribution is 2.23. The normalized spacial score (nSPS) is 12.0. The molecule has 1 N–H and O–H groups in total. The number of pyridine rings is 1. The topological polar surface area (TPSA) is 72.7 Å². The van der Waals surface area contributed by atoms with Gasteiger partial charge in [-0.15, -0.1) is 10.2 Å². The molecular formula is C19H20FN5OS. The fraction of sp³-hybridized carbons (Fsp3) is 0.263. The van der Waals surface area contributed by atoms with Crippen LogP contribution in [0.4, 0.5) is 4.39 Å². The molecule has 0 aliphatic carbocycles. The van der Waals surface area contributed by atoms with Gasteiger partial charge in [-0.3, -0.25) is 9.78 Å². The van der Waals surface area contributed by atoms with E-state index in [2.05, 4.69) is 20.5 Å². The lowest BCUT2D eigenvalue weighted by atomic mass is 10.1. The molecule has 2 heterocycles. The van der Waals surface area contributed by atoms with Gasteiger partial charge in [-0.05, 0) is 43.7 Å². The molecule has 0 aliphatic rings. The zero-order valence-corrected chi connectivity index (χ0v) is 15.9. The van der Waals surface area contributed by atoms with Crippen LogP contribution in [-0.4, -0.2) is 31.4 Å². The smallest absolute Gasteiger partial charge is 0.230 e. The minimum Gasteiger partial charge on any atom is -0.349 e. The van der Waals surface area contributed by atoms with E-state index in [1.165, 1.54) is 23.9 Å². The molecule has 0 saturated heterocycles. The maximum Gasteiger partial charge on any atom is 0.230 e. The second-order valence-corrected chi connectivity index (χ2v) is 6.86. The van der Waals surface area contributed by atoms with Gasteiger partial charge in [0, 0.05) is 24.5 Å². The largest absolute Gasteiger partial charge is 0.349 e. The number of aromatic nitrogens is 4. The van der Waals surface area contributed by atoms with E-state index in [0.29, 0.717) is 11.7 Å². The number of carbonyl (C=O) groups excluding carboxylic acids is 1. The summed E-state index contributed by atoms with van der Waals surface area (Å²) in [5.74, 6) is 0.562. The Balaban J connectivity index is 1.62. The van der Waals surface area contributed by atoms with Gasteiger partial charge in [0.2, 0.25) is 5.91 Å². The van der Waals surface area contributed by atoms with Crippen LogP contribution >= 0.6 is 11.8 Å². The summed E-state index contributed by atoms with van der Waals surface area (Å²) in [6.45, 7) is 4.57. The summed E-state index contributed by atoms with van der Waals surface area (Å²) in [7, 11) is 0. The first-order chi connectivity index (χ1) is 13.1. The molecule has 0 saturated carbocycles. The van der Waals surface area contributed by atoms with Crippen molar-refractivity contribution < 1.29 is 9.18 Å². The van der Waals surface area contributed by atoms with E-state index in [0.717, 1.165) is 17.0 Å². The molecular weight excluding hydrogens is 365 g/mol. The quantitative estimate of drug-likeness (QED) is 0.631. The Kier molecular flexibility index (Phi) is 6.18. The molecule has 3 aromatic rings. The first-order valence-corrected chi connectivity index (χ1v) is 9.58. The Labute approximate surface area is 161 Å². The lowest BCUT2D eigenvalue weighted by molar-refractivity contribution is -0.119. The van der Waals surface area contributed by atoms with Gasteiger partial charge in [0.05, 0.1) is 11.8 Å². The van der Waals surface area contributed by atoms with Crippen LogP contribution in [0.2, 0.25) is 0 Å². The number of amides is 1. The lowest BCUT2D eigenvalue weighted by Crippen LogP contribution is -2.28. The SMILES string of the molecule is CCn1c(SCC(=O)N[C@H](C)c2ccc(F)cc2)nnc1-c1ccncc1. The fourth-order valence-electron chi connectivity index (χ4n) is 2.64. The van der Waals surface area contributed by atoms with Gasteiger partial charge in [0.1, 0.15) is 5.82 Å². The van der Waals surface area contributed by atoms with Gasteiger partial charge in [0.25, 0.3) is 0 Å². The van der Waals surface area contributed by atoms with E-state index in [4.69, 9.17) is 0 Å². The Bertz CT molecular complexity index is 898. The van der Waals surface area contributed by atoms with Crippen molar-refractivity contribution >= 4 is 17.7 Å². The van der Waals surface area contributed by atoms with Crippen molar-refractivity contribution in [2.75, 3.05) is 5.75 Å². The second-order valence-electron chi connectivity index (χ2n) is 5.92. The van der Waals surface area contributed by atoms with Crippen molar-refractivity contribution in [2.24, 2.45) is 0 Å². The first kappa shape index (κ1) is 19.0. The molecule has 140 valence electrons.